The molecule has 9 rings (SSSR count). The van der Waals surface area contributed by atoms with Gasteiger partial charge in [-0.2, -0.15) is 0 Å². The number of likely N-dealkylation sites (N-methyl/N-ethyl adjacent to an activating group) is 1. The first-order valence-electron chi connectivity index (χ1n) is 21.9. The molecule has 316 valence electrons. The maximum absolute atomic E-state index is 14.3. The van der Waals surface area contributed by atoms with Gasteiger partial charge in [0.1, 0.15) is 23.7 Å². The highest BCUT2D eigenvalue weighted by atomic mass is 16.5. The van der Waals surface area contributed by atoms with E-state index in [9.17, 15) is 14.4 Å². The van der Waals surface area contributed by atoms with Crippen LogP contribution in [0.2, 0.25) is 0 Å². The van der Waals surface area contributed by atoms with Crippen LogP contribution in [0.4, 0.5) is 4.79 Å². The summed E-state index contributed by atoms with van der Waals surface area (Å²) in [6, 6.07) is 28.1. The van der Waals surface area contributed by atoms with Crippen molar-refractivity contribution in [2.45, 2.75) is 89.0 Å². The van der Waals surface area contributed by atoms with Crippen LogP contribution in [-0.4, -0.2) is 92.4 Å². The number of rotatable bonds is 10. The molecule has 6 aromatic rings. The van der Waals surface area contributed by atoms with Gasteiger partial charge in [0, 0.05) is 18.2 Å². The minimum atomic E-state index is -0.686. The number of alkyl carbamates (subject to hydrolysis) is 1. The molecule has 3 fully saturated rings. The summed E-state index contributed by atoms with van der Waals surface area (Å²) in [6.07, 6.45) is 8.25. The summed E-state index contributed by atoms with van der Waals surface area (Å²) in [5, 5.41) is 5.05. The number of likely N-dealkylation sites (tertiary alicyclic amines) is 2. The number of imidazole rings is 2. The Hall–Kier alpha value is -6.01. The molecule has 0 unspecified atom stereocenters. The van der Waals surface area contributed by atoms with Crippen molar-refractivity contribution in [3.05, 3.63) is 108 Å². The van der Waals surface area contributed by atoms with Crippen LogP contribution in [0.15, 0.2) is 91.1 Å². The van der Waals surface area contributed by atoms with Crippen LogP contribution in [0.3, 0.4) is 0 Å². The van der Waals surface area contributed by atoms with E-state index in [2.05, 4.69) is 69.9 Å². The minimum Gasteiger partial charge on any atom is -0.453 e. The molecular formula is C49H56N8O4. The molecule has 2 saturated heterocycles. The lowest BCUT2D eigenvalue weighted by Crippen LogP contribution is -2.53. The van der Waals surface area contributed by atoms with E-state index in [1.54, 1.807) is 0 Å². The number of hydrogen-bond donors (Lipinski definition) is 3. The van der Waals surface area contributed by atoms with Gasteiger partial charge in [-0.25, -0.2) is 14.8 Å². The van der Waals surface area contributed by atoms with Crippen molar-refractivity contribution in [3.8, 4) is 22.4 Å². The summed E-state index contributed by atoms with van der Waals surface area (Å²) in [6.45, 7) is 4.62. The Morgan fingerprint density at radius 2 is 1.52 bits per heavy atom. The lowest BCUT2D eigenvalue weighted by molar-refractivity contribution is -0.139. The SMILES string of the molecule is COC(=O)N[C@H](C(=O)N1[C@H](c2nc3ccc(-c4ccc5cc(-c6cnc([C@@H]7CCCN7C(=O)[C@@H](c7ccccc7)N(C)C)[nH]6)ccc5c4)cc3[nH]2)C[C@@H]2CCCC[C@@H]21)C(C)C. The number of benzene rings is 4. The summed E-state index contributed by atoms with van der Waals surface area (Å²) in [7, 11) is 5.24. The van der Waals surface area contributed by atoms with Crippen molar-refractivity contribution in [2.24, 2.45) is 11.8 Å². The molecular weight excluding hydrogens is 765 g/mol. The zero-order valence-corrected chi connectivity index (χ0v) is 35.7. The largest absolute Gasteiger partial charge is 0.453 e. The van der Waals surface area contributed by atoms with E-state index in [1.807, 2.05) is 79.2 Å². The summed E-state index contributed by atoms with van der Waals surface area (Å²) < 4.78 is 4.89. The van der Waals surface area contributed by atoms with Crippen LogP contribution in [-0.2, 0) is 14.3 Å². The zero-order valence-electron chi connectivity index (χ0n) is 35.7. The first-order valence-corrected chi connectivity index (χ1v) is 21.9. The van der Waals surface area contributed by atoms with Gasteiger partial charge in [0.15, 0.2) is 0 Å². The van der Waals surface area contributed by atoms with Gasteiger partial charge < -0.3 is 29.8 Å². The molecule has 2 aromatic heterocycles. The smallest absolute Gasteiger partial charge is 0.407 e. The van der Waals surface area contributed by atoms with Crippen LogP contribution in [0.25, 0.3) is 44.2 Å². The van der Waals surface area contributed by atoms with E-state index in [4.69, 9.17) is 14.7 Å². The number of nitrogens with one attached hydrogen (secondary N) is 3. The second-order valence-corrected chi connectivity index (χ2v) is 17.7. The predicted molar refractivity (Wildman–Crippen MR) is 237 cm³/mol. The molecule has 0 spiro atoms. The number of ether oxygens (including phenoxy) is 1. The highest BCUT2D eigenvalue weighted by Gasteiger charge is 2.48. The molecule has 6 atom stereocenters. The molecule has 4 aromatic carbocycles. The number of aromatic amines is 2. The van der Waals surface area contributed by atoms with Gasteiger partial charge in [-0.3, -0.25) is 14.5 Å². The van der Waals surface area contributed by atoms with Gasteiger partial charge in [0.2, 0.25) is 11.8 Å². The van der Waals surface area contributed by atoms with E-state index < -0.39 is 12.1 Å². The molecule has 61 heavy (non-hydrogen) atoms. The van der Waals surface area contributed by atoms with E-state index >= 15 is 0 Å². The molecule has 12 nitrogen and oxygen atoms in total. The van der Waals surface area contributed by atoms with Crippen LogP contribution < -0.4 is 5.32 Å². The highest BCUT2D eigenvalue weighted by molar-refractivity contribution is 5.92. The van der Waals surface area contributed by atoms with Crippen molar-refractivity contribution in [3.63, 3.8) is 0 Å². The lowest BCUT2D eigenvalue weighted by atomic mass is 9.84. The number of fused-ring (bicyclic) bond motifs is 3. The fourth-order valence-corrected chi connectivity index (χ4v) is 10.3. The van der Waals surface area contributed by atoms with E-state index in [0.717, 1.165) is 99.9 Å². The Labute approximate surface area is 357 Å². The second kappa shape index (κ2) is 16.8. The molecule has 0 radical (unpaired) electrons. The summed E-state index contributed by atoms with van der Waals surface area (Å²) >= 11 is 0. The number of methoxy groups -OCH3 is 1. The molecule has 0 bridgehead atoms. The molecule has 1 aliphatic carbocycles. The lowest BCUT2D eigenvalue weighted by Gasteiger charge is -2.36. The first kappa shape index (κ1) is 40.4. The molecule has 1 saturated carbocycles. The molecule has 2 aliphatic heterocycles. The van der Waals surface area contributed by atoms with Crippen LogP contribution in [0.5, 0.6) is 0 Å². The van der Waals surface area contributed by atoms with E-state index in [1.165, 1.54) is 13.5 Å². The number of aromatic nitrogens is 4. The van der Waals surface area contributed by atoms with E-state index in [-0.39, 0.29) is 41.9 Å². The third kappa shape index (κ3) is 7.78. The Morgan fingerprint density at radius 3 is 2.28 bits per heavy atom. The predicted octanol–water partition coefficient (Wildman–Crippen LogP) is 8.95. The molecule has 4 heterocycles. The third-order valence-electron chi connectivity index (χ3n) is 13.3. The number of nitrogens with zero attached hydrogens (tertiary/aromatic N) is 5. The van der Waals surface area contributed by atoms with Gasteiger partial charge in [0.05, 0.1) is 42.1 Å². The highest BCUT2D eigenvalue weighted by Crippen LogP contribution is 2.47. The van der Waals surface area contributed by atoms with Crippen LogP contribution >= 0.6 is 0 Å². The van der Waals surface area contributed by atoms with Crippen LogP contribution in [0, 0.1) is 11.8 Å². The van der Waals surface area contributed by atoms with Crippen LogP contribution in [0.1, 0.15) is 94.1 Å². The monoisotopic (exact) mass is 820 g/mol. The topological polar surface area (TPSA) is 140 Å². The summed E-state index contributed by atoms with van der Waals surface area (Å²) in [4.78, 5) is 63.7. The number of carbonyl (C=O) groups excluding carboxylic acids is 3. The zero-order chi connectivity index (χ0) is 42.4. The Kier molecular flexibility index (Phi) is 11.1. The van der Waals surface area contributed by atoms with Crippen molar-refractivity contribution in [1.29, 1.82) is 0 Å². The molecule has 3 aliphatic rings. The molecule has 3 N–H and O–H groups in total. The normalized spacial score (nSPS) is 21.3. The van der Waals surface area contributed by atoms with Gasteiger partial charge in [0.25, 0.3) is 0 Å². The number of hydrogen-bond acceptors (Lipinski definition) is 7. The minimum absolute atomic E-state index is 0.0713. The third-order valence-corrected chi connectivity index (χ3v) is 13.3. The van der Waals surface area contributed by atoms with Crippen molar-refractivity contribution in [1.82, 2.24) is 40.0 Å². The molecule has 12 heteroatoms. The number of amides is 3. The van der Waals surface area contributed by atoms with Gasteiger partial charge in [-0.05, 0) is 110 Å². The Bertz CT molecular complexity index is 2560. The fraction of sp³-hybridized carbons (Fsp3) is 0.408. The average molecular weight is 821 g/mol. The van der Waals surface area contributed by atoms with Crippen molar-refractivity contribution >= 4 is 39.7 Å². The number of carbonyl (C=O) groups is 3. The summed E-state index contributed by atoms with van der Waals surface area (Å²) in [5.41, 5.74) is 6.90. The summed E-state index contributed by atoms with van der Waals surface area (Å²) in [5.74, 6) is 1.94. The second-order valence-electron chi connectivity index (χ2n) is 17.7. The van der Waals surface area contributed by atoms with Gasteiger partial charge >= 0.3 is 6.09 Å². The van der Waals surface area contributed by atoms with Crippen molar-refractivity contribution in [2.75, 3.05) is 27.7 Å². The average Bonchev–Trinajstić information content (AvgIpc) is 4.10. The quantitative estimate of drug-likeness (QED) is 0.125. The van der Waals surface area contributed by atoms with Crippen molar-refractivity contribution < 1.29 is 19.1 Å². The fourth-order valence-electron chi connectivity index (χ4n) is 10.3. The standard InChI is InChI=1S/C49H56N8O4/c1-29(2)43(54-49(60)61-5)47(58)57-40-15-10-9-14-36(40)27-42(57)46-51-37-22-21-34(26-38(37)52-46)32-17-18-33-25-35(20-19-31(33)24-32)39-28-50-45(53-39)41-16-11-23-56(41)48(59)44(55(3)4)30-12-7-6-8-13-30/h6-8,12-13,17-22,24-26,28-29,36,40-44H,9-11,14-16,23,27H2,1-5H3,(H,50,53)(H,51,52)(H,54,60)/t36-,40-,41-,42-,43-,44+/m0/s1. The molecule has 3 amide bonds. The number of H-pyrrole nitrogens is 2. The first-order chi connectivity index (χ1) is 29.6. The Balaban J connectivity index is 0.939. The van der Waals surface area contributed by atoms with E-state index in [0.29, 0.717) is 12.5 Å². The van der Waals surface area contributed by atoms with Gasteiger partial charge in [-0.15, -0.1) is 0 Å². The maximum atomic E-state index is 14.3. The van der Waals surface area contributed by atoms with Gasteiger partial charge in [-0.1, -0.05) is 87.4 Å². The maximum Gasteiger partial charge on any atom is 0.407 e. The Morgan fingerprint density at radius 1 is 0.803 bits per heavy atom.